The topological polar surface area (TPSA) is 41.6 Å². The Bertz CT molecular complexity index is 844. The van der Waals surface area contributed by atoms with Crippen molar-refractivity contribution < 1.29 is 0 Å². The monoisotopic (exact) mass is 271 g/mol. The van der Waals surface area contributed by atoms with Crippen LogP contribution in [-0.2, 0) is 0 Å². The van der Waals surface area contributed by atoms with E-state index < -0.39 is 0 Å². The first-order valence-electron chi connectivity index (χ1n) is 6.86. The van der Waals surface area contributed by atoms with Crippen LogP contribution >= 0.6 is 0 Å². The van der Waals surface area contributed by atoms with E-state index in [-0.39, 0.29) is 0 Å². The zero-order chi connectivity index (χ0) is 14.1. The van der Waals surface area contributed by atoms with E-state index in [0.29, 0.717) is 0 Å². The van der Waals surface area contributed by atoms with E-state index in [0.717, 1.165) is 33.5 Å². The van der Waals surface area contributed by atoms with Crippen LogP contribution in [0.5, 0.6) is 0 Å². The molecule has 2 aromatic heterocycles. The van der Waals surface area contributed by atoms with Gasteiger partial charge in [-0.15, -0.1) is 0 Å². The number of rotatable bonds is 2. The van der Waals surface area contributed by atoms with Crippen LogP contribution in [0.1, 0.15) is 0 Å². The second-order valence-corrected chi connectivity index (χ2v) is 4.92. The molecule has 0 amide bonds. The van der Waals surface area contributed by atoms with E-state index in [1.54, 1.807) is 6.20 Å². The van der Waals surface area contributed by atoms with Crippen molar-refractivity contribution in [1.82, 2.24) is 15.0 Å². The lowest BCUT2D eigenvalue weighted by molar-refractivity contribution is 1.32. The maximum absolute atomic E-state index is 4.62. The number of nitrogens with one attached hydrogen (secondary N) is 1. The summed E-state index contributed by atoms with van der Waals surface area (Å²) in [5.74, 6) is 0.897. The smallest absolute Gasteiger partial charge is 0.138 e. The Hall–Kier alpha value is -2.94. The molecule has 0 saturated carbocycles. The third-order valence-corrected chi connectivity index (χ3v) is 3.54. The lowest BCUT2D eigenvalue weighted by atomic mass is 10.1. The van der Waals surface area contributed by atoms with E-state index in [4.69, 9.17) is 0 Å². The molecule has 100 valence electrons. The molecule has 0 aliphatic heterocycles. The average Bonchev–Trinajstić information content (AvgIpc) is 3.00. The summed E-state index contributed by atoms with van der Waals surface area (Å²) in [6, 6.07) is 20.4. The fourth-order valence-corrected chi connectivity index (χ4v) is 2.44. The van der Waals surface area contributed by atoms with Crippen molar-refractivity contribution in [3.05, 3.63) is 73.1 Å². The lowest BCUT2D eigenvalue weighted by Crippen LogP contribution is -1.82. The summed E-state index contributed by atoms with van der Waals surface area (Å²) in [6.07, 6.45) is 3.66. The van der Waals surface area contributed by atoms with Crippen LogP contribution < -0.4 is 0 Å². The number of hydrogen-bond donors (Lipinski definition) is 1. The van der Waals surface area contributed by atoms with Gasteiger partial charge in [0.1, 0.15) is 5.82 Å². The highest BCUT2D eigenvalue weighted by molar-refractivity contribution is 5.79. The largest absolute Gasteiger partial charge is 0.338 e. The Kier molecular flexibility index (Phi) is 2.75. The number of nitrogens with zero attached hydrogens (tertiary/aromatic N) is 2. The third kappa shape index (κ3) is 2.19. The van der Waals surface area contributed by atoms with Crippen molar-refractivity contribution in [2.75, 3.05) is 0 Å². The first-order valence-corrected chi connectivity index (χ1v) is 6.86. The molecule has 0 fully saturated rings. The van der Waals surface area contributed by atoms with Crippen LogP contribution in [-0.4, -0.2) is 15.0 Å². The van der Waals surface area contributed by atoms with E-state index in [1.807, 2.05) is 36.5 Å². The molecule has 0 atom stereocenters. The van der Waals surface area contributed by atoms with Gasteiger partial charge >= 0.3 is 0 Å². The molecule has 3 nitrogen and oxygen atoms in total. The molecule has 0 bridgehead atoms. The number of aromatic amines is 1. The molecule has 0 saturated heterocycles. The summed E-state index contributed by atoms with van der Waals surface area (Å²) >= 11 is 0. The summed E-state index contributed by atoms with van der Waals surface area (Å²) < 4.78 is 0. The fourth-order valence-electron chi connectivity index (χ4n) is 2.44. The summed E-state index contributed by atoms with van der Waals surface area (Å²) in [6.45, 7) is 0. The SMILES string of the molecule is c1cncc(-c2ccc(-c3nc4ccccc4[nH]3)cc2)c1. The quantitative estimate of drug-likeness (QED) is 0.591. The number of benzene rings is 2. The summed E-state index contributed by atoms with van der Waals surface area (Å²) in [7, 11) is 0. The molecule has 4 rings (SSSR count). The summed E-state index contributed by atoms with van der Waals surface area (Å²) in [5.41, 5.74) is 5.41. The molecule has 0 aliphatic rings. The number of hydrogen-bond acceptors (Lipinski definition) is 2. The maximum atomic E-state index is 4.62. The van der Waals surface area contributed by atoms with Gasteiger partial charge in [0.05, 0.1) is 11.0 Å². The molecule has 2 aromatic carbocycles. The highest BCUT2D eigenvalue weighted by atomic mass is 14.9. The minimum Gasteiger partial charge on any atom is -0.338 e. The van der Waals surface area contributed by atoms with Gasteiger partial charge in [0.2, 0.25) is 0 Å². The number of pyridine rings is 1. The van der Waals surface area contributed by atoms with Crippen molar-refractivity contribution in [1.29, 1.82) is 0 Å². The van der Waals surface area contributed by atoms with Gasteiger partial charge in [-0.05, 0) is 29.3 Å². The first-order chi connectivity index (χ1) is 10.4. The average molecular weight is 271 g/mol. The molecule has 4 aromatic rings. The minimum atomic E-state index is 0.897. The van der Waals surface area contributed by atoms with E-state index >= 15 is 0 Å². The molecule has 1 N–H and O–H groups in total. The van der Waals surface area contributed by atoms with Gasteiger partial charge in [0.25, 0.3) is 0 Å². The number of H-pyrrole nitrogens is 1. The Morgan fingerprint density at radius 2 is 1.52 bits per heavy atom. The van der Waals surface area contributed by atoms with Crippen LogP contribution in [0.4, 0.5) is 0 Å². The zero-order valence-corrected chi connectivity index (χ0v) is 11.3. The molecule has 21 heavy (non-hydrogen) atoms. The molecule has 0 spiro atoms. The fraction of sp³-hybridized carbons (Fsp3) is 0. The van der Waals surface area contributed by atoms with Crippen molar-refractivity contribution >= 4 is 11.0 Å². The van der Waals surface area contributed by atoms with Crippen molar-refractivity contribution in [3.63, 3.8) is 0 Å². The van der Waals surface area contributed by atoms with E-state index in [1.165, 1.54) is 0 Å². The highest BCUT2D eigenvalue weighted by Crippen LogP contribution is 2.24. The van der Waals surface area contributed by atoms with Crippen LogP contribution in [0.25, 0.3) is 33.5 Å². The molecule has 2 heterocycles. The Morgan fingerprint density at radius 1 is 0.714 bits per heavy atom. The predicted octanol–water partition coefficient (Wildman–Crippen LogP) is 4.29. The van der Waals surface area contributed by atoms with Crippen LogP contribution in [0.15, 0.2) is 73.1 Å². The molecular formula is C18H13N3. The number of aromatic nitrogens is 3. The van der Waals surface area contributed by atoms with Gasteiger partial charge in [-0.1, -0.05) is 42.5 Å². The second-order valence-electron chi connectivity index (χ2n) is 4.92. The standard InChI is InChI=1S/C18H13N3/c1-2-6-17-16(5-1)20-18(21-17)14-9-7-13(8-10-14)15-4-3-11-19-12-15/h1-12H,(H,20,21). The van der Waals surface area contributed by atoms with E-state index in [9.17, 15) is 0 Å². The third-order valence-electron chi connectivity index (χ3n) is 3.54. The molecule has 0 aliphatic carbocycles. The van der Waals surface area contributed by atoms with Gasteiger partial charge < -0.3 is 4.98 Å². The van der Waals surface area contributed by atoms with Gasteiger partial charge in [-0.25, -0.2) is 4.98 Å². The maximum Gasteiger partial charge on any atom is 0.138 e. The Labute approximate surface area is 122 Å². The zero-order valence-electron chi connectivity index (χ0n) is 11.3. The van der Waals surface area contributed by atoms with Gasteiger partial charge in [-0.2, -0.15) is 0 Å². The van der Waals surface area contributed by atoms with Gasteiger partial charge in [-0.3, -0.25) is 4.98 Å². The van der Waals surface area contributed by atoms with Crippen molar-refractivity contribution in [2.24, 2.45) is 0 Å². The molecule has 3 heteroatoms. The second kappa shape index (κ2) is 4.87. The Balaban J connectivity index is 1.73. The van der Waals surface area contributed by atoms with Crippen molar-refractivity contribution in [2.45, 2.75) is 0 Å². The number of para-hydroxylation sites is 2. The minimum absolute atomic E-state index is 0.897. The van der Waals surface area contributed by atoms with Crippen LogP contribution in [0, 0.1) is 0 Å². The first kappa shape index (κ1) is 11.9. The number of imidazole rings is 1. The molecular weight excluding hydrogens is 258 g/mol. The predicted molar refractivity (Wildman–Crippen MR) is 84.8 cm³/mol. The highest BCUT2D eigenvalue weighted by Gasteiger charge is 2.05. The summed E-state index contributed by atoms with van der Waals surface area (Å²) in [5, 5.41) is 0. The van der Waals surface area contributed by atoms with Gasteiger partial charge in [0.15, 0.2) is 0 Å². The lowest BCUT2D eigenvalue weighted by Gasteiger charge is -2.02. The molecule has 0 radical (unpaired) electrons. The summed E-state index contributed by atoms with van der Waals surface area (Å²) in [4.78, 5) is 12.1. The normalized spacial score (nSPS) is 10.9. The number of fused-ring (bicyclic) bond motifs is 1. The van der Waals surface area contributed by atoms with Crippen LogP contribution in [0.2, 0.25) is 0 Å². The Morgan fingerprint density at radius 3 is 2.29 bits per heavy atom. The van der Waals surface area contributed by atoms with Crippen LogP contribution in [0.3, 0.4) is 0 Å². The van der Waals surface area contributed by atoms with E-state index in [2.05, 4.69) is 45.3 Å². The van der Waals surface area contributed by atoms with Gasteiger partial charge in [0, 0.05) is 18.0 Å². The van der Waals surface area contributed by atoms with Crippen molar-refractivity contribution in [3.8, 4) is 22.5 Å². The molecule has 0 unspecified atom stereocenters.